The summed E-state index contributed by atoms with van der Waals surface area (Å²) in [5.41, 5.74) is 0.0902. The Bertz CT molecular complexity index is 607. The molecule has 0 saturated carbocycles. The number of nitrogens with zero attached hydrogens (tertiary/aromatic N) is 2. The van der Waals surface area contributed by atoms with Gasteiger partial charge >= 0.3 is 5.97 Å². The fraction of sp³-hybridized carbons (Fsp3) is 0. The van der Waals surface area contributed by atoms with E-state index < -0.39 is 5.97 Å². The van der Waals surface area contributed by atoms with E-state index in [1.807, 2.05) is 22.6 Å². The summed E-state index contributed by atoms with van der Waals surface area (Å²) >= 11 is 5.27. The molecule has 0 atom stereocenters. The summed E-state index contributed by atoms with van der Waals surface area (Å²) < 4.78 is 6.85. The van der Waals surface area contributed by atoms with Crippen LogP contribution in [-0.2, 0) is 0 Å². The Kier molecular flexibility index (Phi) is 4.12. The Morgan fingerprint density at radius 2 is 2.22 bits per heavy atom. The lowest BCUT2D eigenvalue weighted by molar-refractivity contribution is 0.0694. The topological polar surface area (TPSA) is 72.3 Å². The van der Waals surface area contributed by atoms with E-state index in [2.05, 4.69) is 25.9 Å². The van der Waals surface area contributed by atoms with Gasteiger partial charge in [-0.2, -0.15) is 0 Å². The van der Waals surface area contributed by atoms with Crippen molar-refractivity contribution >= 4 is 44.5 Å². The van der Waals surface area contributed by atoms with Crippen LogP contribution in [0.3, 0.4) is 0 Å². The number of ether oxygens (including phenoxy) is 1. The number of carboxylic acids is 1. The van der Waals surface area contributed by atoms with E-state index >= 15 is 0 Å². The van der Waals surface area contributed by atoms with E-state index in [1.165, 1.54) is 18.6 Å². The minimum absolute atomic E-state index is 0.0902. The standard InChI is InChI=1S/C11H6BrIN2O3/c12-8-4-14-5-15-10(8)18-9-2-1-6(13)3-7(9)11(16)17/h1-5H,(H,16,17). The maximum atomic E-state index is 11.1. The first kappa shape index (κ1) is 13.2. The normalized spacial score (nSPS) is 10.1. The first-order valence-electron chi connectivity index (χ1n) is 4.74. The highest BCUT2D eigenvalue weighted by molar-refractivity contribution is 14.1. The number of halogens is 2. The molecule has 2 aromatic rings. The van der Waals surface area contributed by atoms with Crippen molar-refractivity contribution in [3.63, 3.8) is 0 Å². The molecule has 1 heterocycles. The second-order valence-corrected chi connectivity index (χ2v) is 5.32. The van der Waals surface area contributed by atoms with Gasteiger partial charge in [-0.3, -0.25) is 0 Å². The molecule has 0 aliphatic carbocycles. The van der Waals surface area contributed by atoms with Gasteiger partial charge in [-0.25, -0.2) is 14.8 Å². The average Bonchev–Trinajstić information content (AvgIpc) is 2.34. The molecule has 0 fully saturated rings. The highest BCUT2D eigenvalue weighted by Gasteiger charge is 2.14. The minimum Gasteiger partial charge on any atom is -0.478 e. The molecule has 0 saturated heterocycles. The van der Waals surface area contributed by atoms with Crippen LogP contribution in [0.4, 0.5) is 0 Å². The smallest absolute Gasteiger partial charge is 0.339 e. The van der Waals surface area contributed by atoms with Gasteiger partial charge in [-0.05, 0) is 56.7 Å². The molecule has 0 aliphatic heterocycles. The molecule has 5 nitrogen and oxygen atoms in total. The number of rotatable bonds is 3. The lowest BCUT2D eigenvalue weighted by atomic mass is 10.2. The molecule has 0 amide bonds. The highest BCUT2D eigenvalue weighted by atomic mass is 127. The zero-order valence-electron chi connectivity index (χ0n) is 8.80. The fourth-order valence-corrected chi connectivity index (χ4v) is 2.03. The highest BCUT2D eigenvalue weighted by Crippen LogP contribution is 2.29. The number of aromatic nitrogens is 2. The zero-order valence-corrected chi connectivity index (χ0v) is 12.5. The number of hydrogen-bond acceptors (Lipinski definition) is 4. The molecule has 1 aromatic carbocycles. The molecule has 0 unspecified atom stereocenters. The van der Waals surface area contributed by atoms with Crippen molar-refractivity contribution in [2.75, 3.05) is 0 Å². The molecule has 0 bridgehead atoms. The van der Waals surface area contributed by atoms with Crippen LogP contribution in [0, 0.1) is 3.57 Å². The molecule has 2 rings (SSSR count). The molecule has 0 radical (unpaired) electrons. The predicted octanol–water partition coefficient (Wildman–Crippen LogP) is 3.33. The van der Waals surface area contributed by atoms with Crippen LogP contribution in [0.15, 0.2) is 35.2 Å². The van der Waals surface area contributed by atoms with Gasteiger partial charge in [0.25, 0.3) is 0 Å². The van der Waals surface area contributed by atoms with Crippen LogP contribution >= 0.6 is 38.5 Å². The Hall–Kier alpha value is -1.22. The Morgan fingerprint density at radius 3 is 2.89 bits per heavy atom. The summed E-state index contributed by atoms with van der Waals surface area (Å²) in [7, 11) is 0. The molecular weight excluding hydrogens is 415 g/mol. The maximum absolute atomic E-state index is 11.1. The van der Waals surface area contributed by atoms with E-state index in [9.17, 15) is 4.79 Å². The first-order chi connectivity index (χ1) is 8.58. The Balaban J connectivity index is 2.41. The van der Waals surface area contributed by atoms with Gasteiger partial charge in [0.2, 0.25) is 5.88 Å². The van der Waals surface area contributed by atoms with Crippen molar-refractivity contribution in [2.24, 2.45) is 0 Å². The molecule has 92 valence electrons. The molecule has 1 aromatic heterocycles. The van der Waals surface area contributed by atoms with Crippen molar-refractivity contribution in [3.05, 3.63) is 44.3 Å². The lowest BCUT2D eigenvalue weighted by Gasteiger charge is -2.08. The molecule has 1 N–H and O–H groups in total. The lowest BCUT2D eigenvalue weighted by Crippen LogP contribution is -2.01. The molecule has 7 heteroatoms. The number of hydrogen-bond donors (Lipinski definition) is 1. The monoisotopic (exact) mass is 420 g/mol. The van der Waals surface area contributed by atoms with Gasteiger partial charge in [0.15, 0.2) is 0 Å². The quantitative estimate of drug-likeness (QED) is 0.771. The van der Waals surface area contributed by atoms with Crippen LogP contribution in [0.25, 0.3) is 0 Å². The van der Waals surface area contributed by atoms with Crippen LogP contribution in [0.2, 0.25) is 0 Å². The summed E-state index contributed by atoms with van der Waals surface area (Å²) in [4.78, 5) is 18.8. The van der Waals surface area contributed by atoms with Gasteiger partial charge in [0, 0.05) is 9.77 Å². The Labute approximate surface area is 124 Å². The first-order valence-corrected chi connectivity index (χ1v) is 6.61. The summed E-state index contributed by atoms with van der Waals surface area (Å²) in [5.74, 6) is -0.537. The second kappa shape index (κ2) is 5.61. The number of aromatic carboxylic acids is 1. The molecular formula is C11H6BrIN2O3. The zero-order chi connectivity index (χ0) is 13.1. The number of carbonyl (C=O) groups is 1. The molecule has 0 aliphatic rings. The fourth-order valence-electron chi connectivity index (χ4n) is 1.24. The van der Waals surface area contributed by atoms with Crippen LogP contribution < -0.4 is 4.74 Å². The summed E-state index contributed by atoms with van der Waals surface area (Å²) in [5, 5.41) is 9.11. The summed E-state index contributed by atoms with van der Waals surface area (Å²) in [6, 6.07) is 4.89. The SMILES string of the molecule is O=C(O)c1cc(I)ccc1Oc1ncncc1Br. The van der Waals surface area contributed by atoms with Crippen LogP contribution in [-0.4, -0.2) is 21.0 Å². The number of benzene rings is 1. The maximum Gasteiger partial charge on any atom is 0.339 e. The van der Waals surface area contributed by atoms with E-state index in [-0.39, 0.29) is 17.2 Å². The van der Waals surface area contributed by atoms with Gasteiger partial charge in [0.05, 0.1) is 4.47 Å². The third-order valence-electron chi connectivity index (χ3n) is 2.01. The minimum atomic E-state index is -1.05. The van der Waals surface area contributed by atoms with Gasteiger partial charge in [-0.15, -0.1) is 0 Å². The largest absolute Gasteiger partial charge is 0.478 e. The van der Waals surface area contributed by atoms with Crippen molar-refractivity contribution in [2.45, 2.75) is 0 Å². The number of carboxylic acid groups (broad SMARTS) is 1. The average molecular weight is 421 g/mol. The van der Waals surface area contributed by atoms with Crippen molar-refractivity contribution < 1.29 is 14.6 Å². The van der Waals surface area contributed by atoms with E-state index in [0.29, 0.717) is 4.47 Å². The Morgan fingerprint density at radius 1 is 1.44 bits per heavy atom. The van der Waals surface area contributed by atoms with E-state index in [1.54, 1.807) is 12.1 Å². The van der Waals surface area contributed by atoms with Gasteiger partial charge in [-0.1, -0.05) is 0 Å². The van der Waals surface area contributed by atoms with E-state index in [4.69, 9.17) is 9.84 Å². The van der Waals surface area contributed by atoms with Gasteiger partial charge < -0.3 is 9.84 Å². The predicted molar refractivity (Wildman–Crippen MR) is 75.9 cm³/mol. The second-order valence-electron chi connectivity index (χ2n) is 3.22. The summed E-state index contributed by atoms with van der Waals surface area (Å²) in [6.07, 6.45) is 2.85. The van der Waals surface area contributed by atoms with Gasteiger partial charge in [0.1, 0.15) is 17.6 Å². The molecule has 18 heavy (non-hydrogen) atoms. The third-order valence-corrected chi connectivity index (χ3v) is 3.23. The van der Waals surface area contributed by atoms with Crippen molar-refractivity contribution in [3.8, 4) is 11.6 Å². The summed E-state index contributed by atoms with van der Waals surface area (Å²) in [6.45, 7) is 0. The van der Waals surface area contributed by atoms with Crippen LogP contribution in [0.1, 0.15) is 10.4 Å². The van der Waals surface area contributed by atoms with Crippen LogP contribution in [0.5, 0.6) is 11.6 Å². The van der Waals surface area contributed by atoms with Crippen molar-refractivity contribution in [1.82, 2.24) is 9.97 Å². The van der Waals surface area contributed by atoms with Crippen molar-refractivity contribution in [1.29, 1.82) is 0 Å². The third kappa shape index (κ3) is 2.96. The molecule has 0 spiro atoms. The van der Waals surface area contributed by atoms with E-state index in [0.717, 1.165) is 3.57 Å².